The quantitative estimate of drug-likeness (QED) is 0.861. The molecule has 0 amide bonds. The number of hydrogen-bond donors (Lipinski definition) is 1. The summed E-state index contributed by atoms with van der Waals surface area (Å²) in [5, 5.41) is 13.1. The lowest BCUT2D eigenvalue weighted by atomic mass is 10.1. The smallest absolute Gasteiger partial charge is 0.141 e. The first-order valence-electron chi connectivity index (χ1n) is 5.90. The number of para-hydroxylation sites is 2. The molecule has 0 spiro atoms. The average Bonchev–Trinajstić information content (AvgIpc) is 2.48. The molecule has 1 unspecified atom stereocenters. The molecule has 0 fully saturated rings. The van der Waals surface area contributed by atoms with Crippen LogP contribution in [-0.4, -0.2) is 7.11 Å². The van der Waals surface area contributed by atoms with Gasteiger partial charge in [0.2, 0.25) is 0 Å². The molecule has 0 saturated heterocycles. The van der Waals surface area contributed by atoms with Crippen molar-refractivity contribution in [3.8, 4) is 11.8 Å². The van der Waals surface area contributed by atoms with Crippen molar-refractivity contribution in [1.82, 2.24) is 0 Å². The Bertz CT molecular complexity index is 655. The van der Waals surface area contributed by atoms with Crippen LogP contribution in [0.5, 0.6) is 5.75 Å². The minimum absolute atomic E-state index is 0.486. The van der Waals surface area contributed by atoms with Gasteiger partial charge in [0.05, 0.1) is 23.9 Å². The summed E-state index contributed by atoms with van der Waals surface area (Å²) in [6, 6.07) is 14.6. The third kappa shape index (κ3) is 3.24. The molecule has 2 rings (SSSR count). The highest BCUT2D eigenvalue weighted by Gasteiger charge is 2.13. The number of ether oxygens (including phenoxy) is 1. The van der Waals surface area contributed by atoms with E-state index in [0.717, 1.165) is 15.7 Å². The molecular weight excluding hydrogens is 340 g/mol. The minimum atomic E-state index is -0.486. The molecule has 0 bridgehead atoms. The van der Waals surface area contributed by atoms with Gasteiger partial charge in [0.25, 0.3) is 0 Å². The van der Waals surface area contributed by atoms with E-state index in [-0.39, 0.29) is 0 Å². The second-order valence-electron chi connectivity index (χ2n) is 4.08. The van der Waals surface area contributed by atoms with Gasteiger partial charge in [-0.25, -0.2) is 0 Å². The fourth-order valence-electron chi connectivity index (χ4n) is 1.80. The summed E-state index contributed by atoms with van der Waals surface area (Å²) in [5.41, 5.74) is 1.60. The van der Waals surface area contributed by atoms with E-state index in [2.05, 4.69) is 27.3 Å². The summed E-state index contributed by atoms with van der Waals surface area (Å²) in [6.07, 6.45) is 0. The topological polar surface area (TPSA) is 45.0 Å². The lowest BCUT2D eigenvalue weighted by Gasteiger charge is -2.16. The number of rotatable bonds is 4. The maximum absolute atomic E-state index is 9.36. The Labute approximate surface area is 131 Å². The Morgan fingerprint density at radius 1 is 1.30 bits per heavy atom. The summed E-state index contributed by atoms with van der Waals surface area (Å²) in [6.45, 7) is 0. The molecule has 0 aliphatic carbocycles. The van der Waals surface area contributed by atoms with Crippen molar-refractivity contribution in [3.63, 3.8) is 0 Å². The van der Waals surface area contributed by atoms with Crippen LogP contribution in [-0.2, 0) is 0 Å². The van der Waals surface area contributed by atoms with Crippen molar-refractivity contribution < 1.29 is 4.74 Å². The highest BCUT2D eigenvalue weighted by molar-refractivity contribution is 9.10. The van der Waals surface area contributed by atoms with Gasteiger partial charge in [-0.1, -0.05) is 29.8 Å². The van der Waals surface area contributed by atoms with Gasteiger partial charge < -0.3 is 10.1 Å². The van der Waals surface area contributed by atoms with Gasteiger partial charge in [-0.3, -0.25) is 0 Å². The third-order valence-corrected chi connectivity index (χ3v) is 4.03. The van der Waals surface area contributed by atoms with Gasteiger partial charge in [0, 0.05) is 4.47 Å². The Kier molecular flexibility index (Phi) is 4.89. The largest absolute Gasteiger partial charge is 0.495 e. The van der Waals surface area contributed by atoms with E-state index in [1.54, 1.807) is 13.2 Å². The molecule has 3 nitrogen and oxygen atoms in total. The summed E-state index contributed by atoms with van der Waals surface area (Å²) < 4.78 is 6.03. The van der Waals surface area contributed by atoms with E-state index in [0.29, 0.717) is 10.8 Å². The molecule has 102 valence electrons. The van der Waals surface area contributed by atoms with Crippen LogP contribution in [0.4, 0.5) is 5.69 Å². The lowest BCUT2D eigenvalue weighted by molar-refractivity contribution is 0.416. The predicted molar refractivity (Wildman–Crippen MR) is 84.1 cm³/mol. The molecule has 0 saturated carbocycles. The first kappa shape index (κ1) is 14.7. The molecular formula is C15H12BrClN2O. The van der Waals surface area contributed by atoms with Gasteiger partial charge in [0.1, 0.15) is 11.8 Å². The molecule has 5 heteroatoms. The minimum Gasteiger partial charge on any atom is -0.495 e. The molecule has 2 aromatic rings. The van der Waals surface area contributed by atoms with E-state index in [1.165, 1.54) is 0 Å². The average molecular weight is 352 g/mol. The fraction of sp³-hybridized carbons (Fsp3) is 0.133. The van der Waals surface area contributed by atoms with E-state index in [9.17, 15) is 5.26 Å². The molecule has 0 radical (unpaired) electrons. The molecule has 0 aromatic heterocycles. The van der Waals surface area contributed by atoms with Crippen molar-refractivity contribution in [2.24, 2.45) is 0 Å². The number of benzene rings is 2. The molecule has 2 aromatic carbocycles. The molecule has 0 heterocycles. The number of methoxy groups -OCH3 is 1. The van der Waals surface area contributed by atoms with E-state index < -0.39 is 6.04 Å². The van der Waals surface area contributed by atoms with Crippen LogP contribution in [0.25, 0.3) is 0 Å². The number of nitrogens with zero attached hydrogens (tertiary/aromatic N) is 1. The Balaban J connectivity index is 2.29. The van der Waals surface area contributed by atoms with Gasteiger partial charge in [-0.15, -0.1) is 0 Å². The van der Waals surface area contributed by atoms with Gasteiger partial charge in [-0.2, -0.15) is 5.26 Å². The zero-order chi connectivity index (χ0) is 14.5. The summed E-state index contributed by atoms with van der Waals surface area (Å²) in [5.74, 6) is 0.695. The number of nitrogens with one attached hydrogen (secondary N) is 1. The molecule has 1 atom stereocenters. The lowest BCUT2D eigenvalue weighted by Crippen LogP contribution is -2.09. The van der Waals surface area contributed by atoms with Gasteiger partial charge >= 0.3 is 0 Å². The summed E-state index contributed by atoms with van der Waals surface area (Å²) >= 11 is 9.33. The second-order valence-corrected chi connectivity index (χ2v) is 5.34. The van der Waals surface area contributed by atoms with Crippen LogP contribution in [0.15, 0.2) is 46.9 Å². The van der Waals surface area contributed by atoms with Crippen LogP contribution in [0.1, 0.15) is 11.6 Å². The van der Waals surface area contributed by atoms with Crippen molar-refractivity contribution >= 4 is 33.2 Å². The van der Waals surface area contributed by atoms with Crippen molar-refractivity contribution in [2.75, 3.05) is 12.4 Å². The normalized spacial score (nSPS) is 11.5. The highest BCUT2D eigenvalue weighted by atomic mass is 79.9. The maximum atomic E-state index is 9.36. The third-order valence-electron chi connectivity index (χ3n) is 2.81. The Hall–Kier alpha value is -1.70. The highest BCUT2D eigenvalue weighted by Crippen LogP contribution is 2.30. The predicted octanol–water partition coefficient (Wildman–Crippen LogP) is 4.79. The fourth-order valence-corrected chi connectivity index (χ4v) is 2.32. The van der Waals surface area contributed by atoms with E-state index in [4.69, 9.17) is 16.3 Å². The first-order valence-corrected chi connectivity index (χ1v) is 7.07. The summed E-state index contributed by atoms with van der Waals surface area (Å²) in [7, 11) is 1.60. The number of halogens is 2. The first-order chi connectivity index (χ1) is 9.65. The van der Waals surface area contributed by atoms with Crippen molar-refractivity contribution in [1.29, 1.82) is 5.26 Å². The SMILES string of the molecule is COc1ccccc1NC(C#N)c1ccc(Cl)c(Br)c1. The molecule has 1 N–H and O–H groups in total. The van der Waals surface area contributed by atoms with Crippen LogP contribution in [0.3, 0.4) is 0 Å². The molecule has 20 heavy (non-hydrogen) atoms. The van der Waals surface area contributed by atoms with Crippen LogP contribution in [0.2, 0.25) is 5.02 Å². The maximum Gasteiger partial charge on any atom is 0.141 e. The Morgan fingerprint density at radius 2 is 2.05 bits per heavy atom. The molecule has 0 aliphatic rings. The van der Waals surface area contributed by atoms with E-state index in [1.807, 2.05) is 36.4 Å². The zero-order valence-electron chi connectivity index (χ0n) is 10.7. The standard InChI is InChI=1S/C15H12BrClN2O/c1-20-15-5-3-2-4-13(15)19-14(9-18)10-6-7-12(17)11(16)8-10/h2-8,14,19H,1H3. The van der Waals surface area contributed by atoms with Gasteiger partial charge in [-0.05, 0) is 45.8 Å². The van der Waals surface area contributed by atoms with Crippen molar-refractivity contribution in [2.45, 2.75) is 6.04 Å². The zero-order valence-corrected chi connectivity index (χ0v) is 13.1. The van der Waals surface area contributed by atoms with Crippen LogP contribution in [0, 0.1) is 11.3 Å². The second kappa shape index (κ2) is 6.65. The monoisotopic (exact) mass is 350 g/mol. The number of anilines is 1. The number of hydrogen-bond acceptors (Lipinski definition) is 3. The Morgan fingerprint density at radius 3 is 2.70 bits per heavy atom. The van der Waals surface area contributed by atoms with E-state index >= 15 is 0 Å². The van der Waals surface area contributed by atoms with Crippen LogP contribution < -0.4 is 10.1 Å². The van der Waals surface area contributed by atoms with Crippen LogP contribution >= 0.6 is 27.5 Å². The van der Waals surface area contributed by atoms with Crippen molar-refractivity contribution in [3.05, 3.63) is 57.5 Å². The molecule has 0 aliphatic heterocycles. The summed E-state index contributed by atoms with van der Waals surface area (Å²) in [4.78, 5) is 0. The van der Waals surface area contributed by atoms with Gasteiger partial charge in [0.15, 0.2) is 0 Å². The number of nitriles is 1.